The molecule has 1 heterocycles. The van der Waals surface area contributed by atoms with Crippen LogP contribution >= 0.6 is 23.2 Å². The highest BCUT2D eigenvalue weighted by Crippen LogP contribution is 2.25. The Hall–Kier alpha value is -1.41. The summed E-state index contributed by atoms with van der Waals surface area (Å²) in [6.07, 6.45) is 0. The first-order valence-electron chi connectivity index (χ1n) is 6.65. The molecule has 0 saturated carbocycles. The molecule has 0 bridgehead atoms. The maximum absolute atomic E-state index is 12.4. The number of hydrogen-bond acceptors (Lipinski definition) is 5. The number of nitrogens with one attached hydrogen (secondary N) is 1. The lowest BCUT2D eigenvalue weighted by Gasteiger charge is -2.13. The lowest BCUT2D eigenvalue weighted by Crippen LogP contribution is -2.25. The first kappa shape index (κ1) is 17.9. The fraction of sp³-hybridized carbons (Fsp3) is 0.286. The van der Waals surface area contributed by atoms with E-state index < -0.39 is 10.0 Å². The molecular formula is C14H16Cl2N4O2S. The van der Waals surface area contributed by atoms with Crippen LogP contribution < -0.4 is 9.62 Å². The van der Waals surface area contributed by atoms with Gasteiger partial charge in [0, 0.05) is 24.8 Å². The third-order valence-electron chi connectivity index (χ3n) is 2.92. The predicted molar refractivity (Wildman–Crippen MR) is 91.6 cm³/mol. The zero-order valence-electron chi connectivity index (χ0n) is 12.8. The number of hydrogen-bond donors (Lipinski definition) is 1. The molecule has 0 radical (unpaired) electrons. The first-order chi connectivity index (χ1) is 10.7. The van der Waals surface area contributed by atoms with Gasteiger partial charge in [0.1, 0.15) is 4.90 Å². The van der Waals surface area contributed by atoms with Crippen molar-refractivity contribution in [3.8, 4) is 0 Å². The summed E-state index contributed by atoms with van der Waals surface area (Å²) in [6, 6.07) is 6.00. The molecule has 0 saturated heterocycles. The van der Waals surface area contributed by atoms with Gasteiger partial charge in [-0.2, -0.15) is 0 Å². The highest BCUT2D eigenvalue weighted by atomic mass is 35.5. The monoisotopic (exact) mass is 374 g/mol. The number of anilines is 1. The van der Waals surface area contributed by atoms with Crippen LogP contribution in [-0.4, -0.2) is 32.5 Å². The highest BCUT2D eigenvalue weighted by molar-refractivity contribution is 7.89. The topological polar surface area (TPSA) is 75.2 Å². The summed E-state index contributed by atoms with van der Waals surface area (Å²) in [5.74, 6) is 0.514. The summed E-state index contributed by atoms with van der Waals surface area (Å²) in [6.45, 7) is 1.84. The molecule has 1 aromatic carbocycles. The Kier molecular flexibility index (Phi) is 5.46. The third kappa shape index (κ3) is 4.54. The highest BCUT2D eigenvalue weighted by Gasteiger charge is 2.18. The van der Waals surface area contributed by atoms with E-state index in [1.54, 1.807) is 11.0 Å². The van der Waals surface area contributed by atoms with E-state index in [2.05, 4.69) is 14.7 Å². The summed E-state index contributed by atoms with van der Waals surface area (Å²) in [7, 11) is -0.170. The van der Waals surface area contributed by atoms with Gasteiger partial charge in [-0.05, 0) is 31.2 Å². The lowest BCUT2D eigenvalue weighted by molar-refractivity contribution is 0.580. The Morgan fingerprint density at radius 2 is 1.87 bits per heavy atom. The van der Waals surface area contributed by atoms with Gasteiger partial charge in [-0.25, -0.2) is 23.1 Å². The largest absolute Gasteiger partial charge is 0.347 e. The number of nitrogens with zero attached hydrogens (tertiary/aromatic N) is 3. The maximum atomic E-state index is 12.4. The van der Waals surface area contributed by atoms with Crippen LogP contribution in [0.25, 0.3) is 0 Å². The number of halogens is 2. The second-order valence-electron chi connectivity index (χ2n) is 5.09. The van der Waals surface area contributed by atoms with Crippen molar-refractivity contribution in [2.45, 2.75) is 18.4 Å². The number of sulfonamides is 1. The van der Waals surface area contributed by atoms with Crippen LogP contribution in [0, 0.1) is 6.92 Å². The van der Waals surface area contributed by atoms with E-state index >= 15 is 0 Å². The quantitative estimate of drug-likeness (QED) is 0.870. The molecule has 6 nitrogen and oxygen atoms in total. The molecule has 23 heavy (non-hydrogen) atoms. The van der Waals surface area contributed by atoms with E-state index in [-0.39, 0.29) is 16.5 Å². The van der Waals surface area contributed by atoms with Gasteiger partial charge in [-0.3, -0.25) is 0 Å². The standard InChI is InChI=1S/C14H16Cl2N4O2S/c1-9-6-11(19-14(18-9)20(2)3)8-17-23(21,22)13-7-10(15)4-5-12(13)16/h4-7,17H,8H2,1-3H3. The van der Waals surface area contributed by atoms with Crippen molar-refractivity contribution in [3.63, 3.8) is 0 Å². The molecule has 2 rings (SSSR count). The zero-order valence-corrected chi connectivity index (χ0v) is 15.2. The van der Waals surface area contributed by atoms with E-state index in [0.29, 0.717) is 16.7 Å². The number of aryl methyl sites for hydroxylation is 1. The fourth-order valence-corrected chi connectivity index (χ4v) is 3.60. The Bertz CT molecular complexity index is 826. The van der Waals surface area contributed by atoms with E-state index in [0.717, 1.165) is 5.69 Å². The zero-order chi connectivity index (χ0) is 17.2. The van der Waals surface area contributed by atoms with Crippen LogP contribution in [0.1, 0.15) is 11.4 Å². The van der Waals surface area contributed by atoms with Crippen LogP contribution in [0.5, 0.6) is 0 Å². The van der Waals surface area contributed by atoms with Gasteiger partial charge in [-0.1, -0.05) is 23.2 Å². The van der Waals surface area contributed by atoms with E-state index in [1.165, 1.54) is 18.2 Å². The van der Waals surface area contributed by atoms with Gasteiger partial charge >= 0.3 is 0 Å². The molecule has 0 unspecified atom stereocenters. The summed E-state index contributed by atoms with van der Waals surface area (Å²) >= 11 is 11.8. The van der Waals surface area contributed by atoms with Crippen LogP contribution in [0.4, 0.5) is 5.95 Å². The molecule has 0 spiro atoms. The molecule has 0 aliphatic carbocycles. The number of benzene rings is 1. The molecule has 0 fully saturated rings. The minimum absolute atomic E-state index is 0.0232. The number of rotatable bonds is 5. The average Bonchev–Trinajstić information content (AvgIpc) is 2.47. The SMILES string of the molecule is Cc1cc(CNS(=O)(=O)c2cc(Cl)ccc2Cl)nc(N(C)C)n1. The minimum atomic E-state index is -3.80. The average molecular weight is 375 g/mol. The first-order valence-corrected chi connectivity index (χ1v) is 8.89. The third-order valence-corrected chi connectivity index (χ3v) is 5.04. The smallest absolute Gasteiger partial charge is 0.242 e. The molecule has 1 aromatic heterocycles. The van der Waals surface area contributed by atoms with Crippen LogP contribution in [-0.2, 0) is 16.6 Å². The lowest BCUT2D eigenvalue weighted by atomic mass is 10.3. The second-order valence-corrected chi connectivity index (χ2v) is 7.67. The fourth-order valence-electron chi connectivity index (χ4n) is 1.84. The Labute approximate surface area is 145 Å². The van der Waals surface area contributed by atoms with Gasteiger partial charge in [0.05, 0.1) is 17.3 Å². The second kappa shape index (κ2) is 7.00. The summed E-state index contributed by atoms with van der Waals surface area (Å²) in [4.78, 5) is 10.2. The summed E-state index contributed by atoms with van der Waals surface area (Å²) in [5.41, 5.74) is 1.31. The molecule has 9 heteroatoms. The van der Waals surface area contributed by atoms with Gasteiger partial charge in [0.25, 0.3) is 0 Å². The van der Waals surface area contributed by atoms with Crippen LogP contribution in [0.3, 0.4) is 0 Å². The van der Waals surface area contributed by atoms with Crippen molar-refractivity contribution in [1.82, 2.24) is 14.7 Å². The Balaban J connectivity index is 2.24. The van der Waals surface area contributed by atoms with Crippen molar-refractivity contribution in [3.05, 3.63) is 45.7 Å². The van der Waals surface area contributed by atoms with Gasteiger partial charge in [0.15, 0.2) is 0 Å². The molecule has 1 N–H and O–H groups in total. The van der Waals surface area contributed by atoms with Gasteiger partial charge < -0.3 is 4.90 Å². The van der Waals surface area contributed by atoms with Crippen LogP contribution in [0.15, 0.2) is 29.2 Å². The predicted octanol–water partition coefficient (Wildman–Crippen LogP) is 2.64. The van der Waals surface area contributed by atoms with Crippen molar-refractivity contribution < 1.29 is 8.42 Å². The van der Waals surface area contributed by atoms with Crippen molar-refractivity contribution in [2.75, 3.05) is 19.0 Å². The summed E-state index contributed by atoms with van der Waals surface area (Å²) in [5, 5.41) is 0.400. The normalized spacial score (nSPS) is 11.5. The molecule has 0 aliphatic heterocycles. The van der Waals surface area contributed by atoms with E-state index in [9.17, 15) is 8.42 Å². The molecule has 2 aromatic rings. The van der Waals surface area contributed by atoms with Gasteiger partial charge in [0.2, 0.25) is 16.0 Å². The van der Waals surface area contributed by atoms with Crippen molar-refractivity contribution in [2.24, 2.45) is 0 Å². The molecular weight excluding hydrogens is 359 g/mol. The summed E-state index contributed by atoms with van der Waals surface area (Å²) < 4.78 is 27.2. The Morgan fingerprint density at radius 1 is 1.17 bits per heavy atom. The molecule has 0 atom stereocenters. The van der Waals surface area contributed by atoms with E-state index in [4.69, 9.17) is 23.2 Å². The number of aromatic nitrogens is 2. The van der Waals surface area contributed by atoms with Crippen LogP contribution in [0.2, 0.25) is 10.0 Å². The van der Waals surface area contributed by atoms with Gasteiger partial charge in [-0.15, -0.1) is 0 Å². The Morgan fingerprint density at radius 3 is 2.52 bits per heavy atom. The van der Waals surface area contributed by atoms with Crippen molar-refractivity contribution in [1.29, 1.82) is 0 Å². The van der Waals surface area contributed by atoms with Crippen molar-refractivity contribution >= 4 is 39.2 Å². The molecule has 0 aliphatic rings. The maximum Gasteiger partial charge on any atom is 0.242 e. The minimum Gasteiger partial charge on any atom is -0.347 e. The molecule has 0 amide bonds. The van der Waals surface area contributed by atoms with E-state index in [1.807, 2.05) is 21.0 Å². The molecule has 124 valence electrons.